The Hall–Kier alpha value is -1.36. The molecule has 0 aliphatic carbocycles. The fraction of sp³-hybridized carbons (Fsp3) is 0.692. The molecule has 0 radical (unpaired) electrons. The van der Waals surface area contributed by atoms with Crippen LogP contribution in [0.25, 0.3) is 0 Å². The quantitative estimate of drug-likeness (QED) is 0.715. The number of ether oxygens (including phenoxy) is 1. The van der Waals surface area contributed by atoms with Crippen LogP contribution in [0.15, 0.2) is 6.07 Å². The molecule has 0 amide bonds. The van der Waals surface area contributed by atoms with Crippen LogP contribution in [0.3, 0.4) is 0 Å². The monoisotopic (exact) mass is 252 g/mol. The summed E-state index contributed by atoms with van der Waals surface area (Å²) in [5, 5.41) is 3.32. The molecule has 0 saturated carbocycles. The van der Waals surface area contributed by atoms with Gasteiger partial charge in [-0.15, -0.1) is 0 Å². The van der Waals surface area contributed by atoms with Crippen molar-refractivity contribution in [3.8, 4) is 5.88 Å². The Kier molecular flexibility index (Phi) is 6.43. The van der Waals surface area contributed by atoms with Crippen LogP contribution in [0.1, 0.15) is 25.6 Å². The lowest BCUT2D eigenvalue weighted by atomic mass is 10.3. The van der Waals surface area contributed by atoms with Gasteiger partial charge >= 0.3 is 0 Å². The van der Waals surface area contributed by atoms with Gasteiger partial charge in [-0.1, -0.05) is 6.92 Å². The zero-order valence-electron chi connectivity index (χ0n) is 11.9. The molecule has 5 nitrogen and oxygen atoms in total. The second-order valence-corrected chi connectivity index (χ2v) is 4.55. The number of rotatable bonds is 8. The van der Waals surface area contributed by atoms with Crippen molar-refractivity contribution in [3.63, 3.8) is 0 Å². The first kappa shape index (κ1) is 14.7. The van der Waals surface area contributed by atoms with Crippen molar-refractivity contribution in [3.05, 3.63) is 11.9 Å². The Morgan fingerprint density at radius 2 is 2.11 bits per heavy atom. The van der Waals surface area contributed by atoms with Crippen LogP contribution < -0.4 is 10.1 Å². The smallest absolute Gasteiger partial charge is 0.218 e. The Balaban J connectivity index is 2.55. The third-order valence-electron chi connectivity index (χ3n) is 2.52. The van der Waals surface area contributed by atoms with Gasteiger partial charge in [-0.2, -0.15) is 4.98 Å². The van der Waals surface area contributed by atoms with E-state index in [0.717, 1.165) is 44.0 Å². The molecule has 1 aromatic heterocycles. The van der Waals surface area contributed by atoms with Crippen LogP contribution in [0, 0.1) is 0 Å². The van der Waals surface area contributed by atoms with E-state index in [2.05, 4.69) is 41.2 Å². The molecule has 0 saturated heterocycles. The van der Waals surface area contributed by atoms with Crippen molar-refractivity contribution in [2.24, 2.45) is 0 Å². The van der Waals surface area contributed by atoms with E-state index in [4.69, 9.17) is 4.74 Å². The first-order valence-corrected chi connectivity index (χ1v) is 6.46. The molecule has 0 unspecified atom stereocenters. The lowest BCUT2D eigenvalue weighted by Gasteiger charge is -2.11. The zero-order chi connectivity index (χ0) is 13.4. The van der Waals surface area contributed by atoms with Crippen LogP contribution in [-0.4, -0.2) is 49.2 Å². The number of hydrogen-bond acceptors (Lipinski definition) is 5. The SMILES string of the molecule is CCCc1nc(NCCCN(C)C)cc(OC)n1. The molecule has 1 N–H and O–H groups in total. The summed E-state index contributed by atoms with van der Waals surface area (Å²) in [6.07, 6.45) is 3.00. The molecule has 102 valence electrons. The van der Waals surface area contributed by atoms with E-state index in [1.807, 2.05) is 6.07 Å². The highest BCUT2D eigenvalue weighted by atomic mass is 16.5. The summed E-state index contributed by atoms with van der Waals surface area (Å²) >= 11 is 0. The van der Waals surface area contributed by atoms with Crippen molar-refractivity contribution < 1.29 is 4.74 Å². The summed E-state index contributed by atoms with van der Waals surface area (Å²) in [6, 6.07) is 1.84. The summed E-state index contributed by atoms with van der Waals surface area (Å²) in [5.74, 6) is 2.32. The molecule has 0 aromatic carbocycles. The lowest BCUT2D eigenvalue weighted by molar-refractivity contribution is 0.394. The average Bonchev–Trinajstić information content (AvgIpc) is 2.34. The number of methoxy groups -OCH3 is 1. The third-order valence-corrected chi connectivity index (χ3v) is 2.52. The predicted molar refractivity (Wildman–Crippen MR) is 74.2 cm³/mol. The first-order chi connectivity index (χ1) is 8.65. The summed E-state index contributed by atoms with van der Waals surface area (Å²) < 4.78 is 5.19. The minimum absolute atomic E-state index is 0.628. The Bertz CT molecular complexity index is 355. The van der Waals surface area contributed by atoms with Gasteiger partial charge in [-0.3, -0.25) is 0 Å². The van der Waals surface area contributed by atoms with E-state index in [-0.39, 0.29) is 0 Å². The van der Waals surface area contributed by atoms with Crippen molar-refractivity contribution in [2.75, 3.05) is 39.6 Å². The van der Waals surface area contributed by atoms with Crippen LogP contribution in [-0.2, 0) is 6.42 Å². The number of aryl methyl sites for hydroxylation is 1. The molecular weight excluding hydrogens is 228 g/mol. The van der Waals surface area contributed by atoms with E-state index in [1.165, 1.54) is 0 Å². The maximum atomic E-state index is 5.19. The molecule has 1 aromatic rings. The van der Waals surface area contributed by atoms with Crippen LogP contribution in [0.2, 0.25) is 0 Å². The molecule has 0 fully saturated rings. The number of aromatic nitrogens is 2. The van der Waals surface area contributed by atoms with Crippen LogP contribution in [0.5, 0.6) is 5.88 Å². The highest BCUT2D eigenvalue weighted by Gasteiger charge is 2.04. The minimum atomic E-state index is 0.628. The molecule has 0 aliphatic rings. The van der Waals surface area contributed by atoms with Gasteiger partial charge in [0.1, 0.15) is 11.6 Å². The minimum Gasteiger partial charge on any atom is -0.481 e. The van der Waals surface area contributed by atoms with Gasteiger partial charge < -0.3 is 15.0 Å². The van der Waals surface area contributed by atoms with Gasteiger partial charge in [0.2, 0.25) is 5.88 Å². The van der Waals surface area contributed by atoms with Crippen molar-refractivity contribution in [1.82, 2.24) is 14.9 Å². The highest BCUT2D eigenvalue weighted by Crippen LogP contribution is 2.14. The molecule has 0 atom stereocenters. The van der Waals surface area contributed by atoms with E-state index in [0.29, 0.717) is 5.88 Å². The highest BCUT2D eigenvalue weighted by molar-refractivity contribution is 5.38. The number of hydrogen-bond donors (Lipinski definition) is 1. The Morgan fingerprint density at radius 1 is 1.33 bits per heavy atom. The van der Waals surface area contributed by atoms with Gasteiger partial charge in [0.05, 0.1) is 7.11 Å². The van der Waals surface area contributed by atoms with E-state index >= 15 is 0 Å². The molecule has 0 spiro atoms. The standard InChI is InChI=1S/C13H24N4O/c1-5-7-11-15-12(10-13(16-11)18-4)14-8-6-9-17(2)3/h10H,5-9H2,1-4H3,(H,14,15,16). The zero-order valence-corrected chi connectivity index (χ0v) is 11.9. The van der Waals surface area contributed by atoms with E-state index in [1.54, 1.807) is 7.11 Å². The maximum Gasteiger partial charge on any atom is 0.218 e. The van der Waals surface area contributed by atoms with E-state index in [9.17, 15) is 0 Å². The van der Waals surface area contributed by atoms with Gasteiger partial charge in [0, 0.05) is 19.0 Å². The van der Waals surface area contributed by atoms with Gasteiger partial charge in [-0.05, 0) is 33.5 Å². The normalized spacial score (nSPS) is 10.7. The Morgan fingerprint density at radius 3 is 2.72 bits per heavy atom. The molecule has 5 heteroatoms. The second-order valence-electron chi connectivity index (χ2n) is 4.55. The molecule has 18 heavy (non-hydrogen) atoms. The molecule has 1 rings (SSSR count). The van der Waals surface area contributed by atoms with Crippen molar-refractivity contribution >= 4 is 5.82 Å². The van der Waals surface area contributed by atoms with Gasteiger partial charge in [-0.25, -0.2) is 4.98 Å². The largest absolute Gasteiger partial charge is 0.481 e. The van der Waals surface area contributed by atoms with Crippen LogP contribution in [0.4, 0.5) is 5.82 Å². The summed E-state index contributed by atoms with van der Waals surface area (Å²) in [6.45, 7) is 4.09. The van der Waals surface area contributed by atoms with Crippen molar-refractivity contribution in [2.45, 2.75) is 26.2 Å². The molecule has 0 aliphatic heterocycles. The number of nitrogens with zero attached hydrogens (tertiary/aromatic N) is 3. The first-order valence-electron chi connectivity index (χ1n) is 6.46. The predicted octanol–water partition coefficient (Wildman–Crippen LogP) is 1.80. The van der Waals surface area contributed by atoms with Gasteiger partial charge in [0.15, 0.2) is 0 Å². The second kappa shape index (κ2) is 7.87. The van der Waals surface area contributed by atoms with Crippen molar-refractivity contribution in [1.29, 1.82) is 0 Å². The summed E-state index contributed by atoms with van der Waals surface area (Å²) in [4.78, 5) is 11.0. The Labute approximate surface area is 110 Å². The lowest BCUT2D eigenvalue weighted by Crippen LogP contribution is -2.17. The number of nitrogens with one attached hydrogen (secondary N) is 1. The van der Waals surface area contributed by atoms with Crippen LogP contribution >= 0.6 is 0 Å². The maximum absolute atomic E-state index is 5.19. The van der Waals surface area contributed by atoms with E-state index < -0.39 is 0 Å². The molecule has 0 bridgehead atoms. The molecular formula is C13H24N4O. The van der Waals surface area contributed by atoms with Gasteiger partial charge in [0.25, 0.3) is 0 Å². The summed E-state index contributed by atoms with van der Waals surface area (Å²) in [7, 11) is 5.79. The summed E-state index contributed by atoms with van der Waals surface area (Å²) in [5.41, 5.74) is 0. The topological polar surface area (TPSA) is 50.3 Å². The fourth-order valence-electron chi connectivity index (χ4n) is 1.62. The fourth-order valence-corrected chi connectivity index (χ4v) is 1.62. The number of anilines is 1. The third kappa shape index (κ3) is 5.31. The average molecular weight is 252 g/mol. The molecule has 1 heterocycles.